The molecular formula is C73H81N5O. The van der Waals surface area contributed by atoms with Crippen LogP contribution in [0.1, 0.15) is 158 Å². The summed E-state index contributed by atoms with van der Waals surface area (Å²) in [7, 11) is 0. The van der Waals surface area contributed by atoms with Crippen molar-refractivity contribution in [3.63, 3.8) is 0 Å². The molecule has 0 spiro atoms. The molecule has 0 saturated carbocycles. The number of hydrogen-bond donors (Lipinski definition) is 0. The van der Waals surface area contributed by atoms with Crippen LogP contribution in [0.4, 0.5) is 0 Å². The van der Waals surface area contributed by atoms with Crippen LogP contribution in [0.2, 0.25) is 0 Å². The molecule has 0 atom stereocenters. The van der Waals surface area contributed by atoms with Gasteiger partial charge in [-0.05, 0) is 131 Å². The zero-order valence-corrected chi connectivity index (χ0v) is 50.2. The second kappa shape index (κ2) is 19.7. The summed E-state index contributed by atoms with van der Waals surface area (Å²) in [6, 6.07) is 57.7. The van der Waals surface area contributed by atoms with E-state index >= 15 is 0 Å². The summed E-state index contributed by atoms with van der Waals surface area (Å²) in [5, 5.41) is 8.08. The van der Waals surface area contributed by atoms with Gasteiger partial charge in [-0.15, -0.1) is 5.10 Å². The van der Waals surface area contributed by atoms with Gasteiger partial charge >= 0.3 is 0 Å². The molecule has 10 rings (SSSR count). The molecule has 404 valence electrons. The van der Waals surface area contributed by atoms with Crippen LogP contribution in [0.5, 0.6) is 11.5 Å². The number of benzene rings is 7. The van der Waals surface area contributed by atoms with Crippen LogP contribution in [0.25, 0.3) is 72.6 Å². The van der Waals surface area contributed by atoms with Crippen LogP contribution in [0, 0.1) is 6.33 Å². The molecule has 0 amide bonds. The molecule has 0 aliphatic carbocycles. The maximum Gasteiger partial charge on any atom is 0.273 e. The summed E-state index contributed by atoms with van der Waals surface area (Å²) in [4.78, 5) is 4.97. The molecule has 6 heteroatoms. The van der Waals surface area contributed by atoms with Gasteiger partial charge in [0, 0.05) is 28.6 Å². The Morgan fingerprint density at radius 1 is 0.418 bits per heavy atom. The molecule has 79 heavy (non-hydrogen) atoms. The largest absolute Gasteiger partial charge is 0.458 e. The van der Waals surface area contributed by atoms with Gasteiger partial charge in [0.15, 0.2) is 5.82 Å². The molecule has 0 N–H and O–H groups in total. The van der Waals surface area contributed by atoms with E-state index in [1.165, 1.54) is 27.8 Å². The maximum absolute atomic E-state index is 7.18. The standard InChI is InChI=1S/C73H81N5O/c1-68(2,3)49-33-34-74-65(43-49)78-63-30-23-22-27-61(63)62-32-31-57(45-64(62)78)79-58-42-54(73(16,17)18)39-55(44-58)76-46-77(56-40-52(71(10,11)12)38-53(41-56)72(13,14)15)75-67(76)66-59(47-25-20-19-21-26-47)28-24-29-60(66)48-35-50(69(4,5)6)37-51(36-48)70(7,8)9/h19-45H,1-18H3. The molecule has 0 aliphatic heterocycles. The zero-order valence-electron chi connectivity index (χ0n) is 50.2. The number of aromatic nitrogens is 5. The molecule has 0 unspecified atom stereocenters. The molecule has 0 radical (unpaired) electrons. The third kappa shape index (κ3) is 11.1. The van der Waals surface area contributed by atoms with Crippen LogP contribution < -0.4 is 9.42 Å². The van der Waals surface area contributed by atoms with Gasteiger partial charge in [-0.1, -0.05) is 234 Å². The Morgan fingerprint density at radius 2 is 0.949 bits per heavy atom. The average Bonchev–Trinajstić information content (AvgIpc) is 4.04. The van der Waals surface area contributed by atoms with E-state index in [2.05, 4.69) is 298 Å². The summed E-state index contributed by atoms with van der Waals surface area (Å²) in [6.45, 7) is 41.1. The van der Waals surface area contributed by atoms with Crippen LogP contribution in [-0.2, 0) is 32.5 Å². The van der Waals surface area contributed by atoms with Crippen molar-refractivity contribution in [1.82, 2.24) is 19.2 Å². The highest BCUT2D eigenvalue weighted by Gasteiger charge is 2.29. The first-order valence-electron chi connectivity index (χ1n) is 28.2. The molecule has 0 aliphatic rings. The molecule has 0 bridgehead atoms. The van der Waals surface area contributed by atoms with Crippen LogP contribution >= 0.6 is 0 Å². The first-order valence-corrected chi connectivity index (χ1v) is 28.2. The van der Waals surface area contributed by atoms with Crippen molar-refractivity contribution in [1.29, 1.82) is 0 Å². The van der Waals surface area contributed by atoms with Gasteiger partial charge in [0.25, 0.3) is 6.33 Å². The van der Waals surface area contributed by atoms with E-state index < -0.39 is 0 Å². The summed E-state index contributed by atoms with van der Waals surface area (Å²) in [5.74, 6) is 3.08. The highest BCUT2D eigenvalue weighted by atomic mass is 16.5. The quantitative estimate of drug-likeness (QED) is 0.113. The van der Waals surface area contributed by atoms with E-state index in [4.69, 9.17) is 14.8 Å². The smallest absolute Gasteiger partial charge is 0.273 e. The molecule has 7 aromatic carbocycles. The van der Waals surface area contributed by atoms with Crippen molar-refractivity contribution in [2.45, 2.75) is 157 Å². The number of para-hydroxylation sites is 1. The van der Waals surface area contributed by atoms with Gasteiger partial charge in [-0.2, -0.15) is 4.68 Å². The number of hydrogen-bond acceptors (Lipinski definition) is 3. The van der Waals surface area contributed by atoms with Crippen LogP contribution in [0.3, 0.4) is 0 Å². The van der Waals surface area contributed by atoms with Crippen molar-refractivity contribution >= 4 is 21.8 Å². The van der Waals surface area contributed by atoms with Gasteiger partial charge < -0.3 is 4.74 Å². The Hall–Kier alpha value is -7.57. The number of fused-ring (bicyclic) bond motifs is 3. The Morgan fingerprint density at radius 3 is 1.54 bits per heavy atom. The SMILES string of the molecule is CC(C)(C)c1cc(Oc2ccc3c4ccccc4n(-c4cc(C(C)(C)C)ccn4)c3c2)cc(-n2[c-][n+](-c3cc(C(C)(C)C)cc(C(C)(C)C)c3)nc2-c2c(-c3ccccc3)cccc2-c2cc(C(C)(C)C)cc(C(C)(C)C)c2)c1. The predicted octanol–water partition coefficient (Wildman–Crippen LogP) is 19.0. The third-order valence-corrected chi connectivity index (χ3v) is 15.6. The Bertz CT molecular complexity index is 3850. The lowest BCUT2D eigenvalue weighted by molar-refractivity contribution is -0.660. The first-order chi connectivity index (χ1) is 36.9. The fourth-order valence-electron chi connectivity index (χ4n) is 10.5. The van der Waals surface area contributed by atoms with Crippen molar-refractivity contribution < 1.29 is 9.42 Å². The fourth-order valence-corrected chi connectivity index (χ4v) is 10.5. The van der Waals surface area contributed by atoms with Gasteiger partial charge in [-0.25, -0.2) is 4.98 Å². The molecule has 3 aromatic heterocycles. The minimum atomic E-state index is -0.253. The van der Waals surface area contributed by atoms with E-state index in [0.29, 0.717) is 5.75 Å². The van der Waals surface area contributed by atoms with E-state index in [9.17, 15) is 0 Å². The number of pyridine rings is 1. The van der Waals surface area contributed by atoms with E-state index in [0.717, 1.165) is 84.0 Å². The zero-order chi connectivity index (χ0) is 56.8. The Balaban J connectivity index is 1.25. The monoisotopic (exact) mass is 1040 g/mol. The fraction of sp³-hybridized carbons (Fsp3) is 0.329. The Labute approximate surface area is 471 Å². The van der Waals surface area contributed by atoms with Crippen molar-refractivity contribution in [2.24, 2.45) is 0 Å². The lowest BCUT2D eigenvalue weighted by Crippen LogP contribution is -2.34. The normalized spacial score (nSPS) is 12.9. The molecule has 0 fully saturated rings. The van der Waals surface area contributed by atoms with Gasteiger partial charge in [0.1, 0.15) is 17.3 Å². The van der Waals surface area contributed by atoms with Crippen molar-refractivity contribution in [2.75, 3.05) is 0 Å². The average molecular weight is 1040 g/mol. The van der Waals surface area contributed by atoms with E-state index in [-0.39, 0.29) is 32.5 Å². The molecule has 3 heterocycles. The van der Waals surface area contributed by atoms with Gasteiger partial charge in [0.05, 0.1) is 22.4 Å². The topological polar surface area (TPSA) is 48.8 Å². The summed E-state index contributed by atoms with van der Waals surface area (Å²) in [6.07, 6.45) is 5.83. The van der Waals surface area contributed by atoms with Crippen LogP contribution in [-0.4, -0.2) is 19.2 Å². The number of ether oxygens (including phenoxy) is 1. The third-order valence-electron chi connectivity index (χ3n) is 15.6. The summed E-state index contributed by atoms with van der Waals surface area (Å²) in [5.41, 5.74) is 16.1. The van der Waals surface area contributed by atoms with Crippen molar-refractivity contribution in [3.05, 3.63) is 204 Å². The maximum atomic E-state index is 7.18. The lowest BCUT2D eigenvalue weighted by Gasteiger charge is -2.27. The highest BCUT2D eigenvalue weighted by Crippen LogP contribution is 2.44. The molecule has 6 nitrogen and oxygen atoms in total. The number of rotatable bonds is 8. The highest BCUT2D eigenvalue weighted by molar-refractivity contribution is 6.09. The second-order valence-electron chi connectivity index (χ2n) is 28.1. The second-order valence-corrected chi connectivity index (χ2v) is 28.1. The van der Waals surface area contributed by atoms with E-state index in [1.54, 1.807) is 0 Å². The lowest BCUT2D eigenvalue weighted by atomic mass is 9.78. The van der Waals surface area contributed by atoms with Gasteiger partial charge in [-0.3, -0.25) is 9.13 Å². The van der Waals surface area contributed by atoms with Gasteiger partial charge in [0.2, 0.25) is 0 Å². The van der Waals surface area contributed by atoms with E-state index in [1.807, 2.05) is 10.9 Å². The first kappa shape index (κ1) is 54.8. The predicted molar refractivity (Wildman–Crippen MR) is 331 cm³/mol. The summed E-state index contributed by atoms with van der Waals surface area (Å²) < 4.78 is 13.6. The molecular weight excluding hydrogens is 963 g/mol. The summed E-state index contributed by atoms with van der Waals surface area (Å²) >= 11 is 0. The molecule has 0 saturated heterocycles. The minimum Gasteiger partial charge on any atom is -0.458 e. The Kier molecular flexibility index (Phi) is 13.6. The minimum absolute atomic E-state index is 0.0452. The number of nitrogens with zero attached hydrogens (tertiary/aromatic N) is 5. The van der Waals surface area contributed by atoms with Crippen LogP contribution in [0.15, 0.2) is 164 Å². The molecule has 10 aromatic rings. The van der Waals surface area contributed by atoms with Crippen molar-refractivity contribution in [3.8, 4) is 62.3 Å².